The van der Waals surface area contributed by atoms with E-state index in [0.717, 1.165) is 0 Å². The molecule has 0 amide bonds. The number of benzene rings is 2. The average molecular weight is 549 g/mol. The molecule has 1 aliphatic rings. The van der Waals surface area contributed by atoms with Crippen molar-refractivity contribution in [3.05, 3.63) is 84.2 Å². The zero-order valence-electron chi connectivity index (χ0n) is 19.8. The van der Waals surface area contributed by atoms with Crippen molar-refractivity contribution < 1.29 is 47.3 Å². The molecule has 2 unspecified atom stereocenters. The van der Waals surface area contributed by atoms with Gasteiger partial charge < -0.3 is 24.4 Å². The van der Waals surface area contributed by atoms with Gasteiger partial charge in [-0.1, -0.05) is 54.6 Å². The fourth-order valence-corrected chi connectivity index (χ4v) is 7.26. The molecule has 3 N–H and O–H groups in total. The maximum absolute atomic E-state index is 13.2. The van der Waals surface area contributed by atoms with Crippen molar-refractivity contribution in [1.82, 2.24) is 4.98 Å². The van der Waals surface area contributed by atoms with Gasteiger partial charge >= 0.3 is 21.3 Å². The Morgan fingerprint density at radius 2 is 1.70 bits per heavy atom. The number of aliphatic hydroxyl groups is 1. The third-order valence-corrected chi connectivity index (χ3v) is 10.0. The molecule has 13 heteroatoms. The van der Waals surface area contributed by atoms with Gasteiger partial charge in [0.05, 0.1) is 11.7 Å². The van der Waals surface area contributed by atoms with E-state index in [0.29, 0.717) is 11.1 Å². The minimum atomic E-state index is -5.26. The molecule has 4 rings (SSSR count). The monoisotopic (exact) mass is 549 g/mol. The number of ether oxygens (including phenoxy) is 2. The first-order valence-electron chi connectivity index (χ1n) is 11.1. The van der Waals surface area contributed by atoms with Gasteiger partial charge in [0, 0.05) is 24.4 Å². The van der Waals surface area contributed by atoms with Gasteiger partial charge in [-0.2, -0.15) is 0 Å². The van der Waals surface area contributed by atoms with Crippen LogP contribution in [0.3, 0.4) is 0 Å². The first-order chi connectivity index (χ1) is 17.4. The summed E-state index contributed by atoms with van der Waals surface area (Å²) in [7, 11) is -10.5. The van der Waals surface area contributed by atoms with E-state index in [1.165, 1.54) is 36.7 Å². The molecule has 196 valence electrons. The predicted molar refractivity (Wildman–Crippen MR) is 132 cm³/mol. The van der Waals surface area contributed by atoms with Gasteiger partial charge in [0.25, 0.3) is 5.08 Å². The Bertz CT molecular complexity index is 1340. The van der Waals surface area contributed by atoms with Gasteiger partial charge in [-0.3, -0.25) is 23.2 Å². The van der Waals surface area contributed by atoms with E-state index >= 15 is 0 Å². The highest BCUT2D eigenvalue weighted by molar-refractivity contribution is 7.73. The molecule has 0 aliphatic carbocycles. The van der Waals surface area contributed by atoms with Crippen molar-refractivity contribution in [1.29, 1.82) is 0 Å². The minimum Gasteiger partial charge on any atom is -0.431 e. The van der Waals surface area contributed by atoms with Crippen LogP contribution in [-0.4, -0.2) is 37.2 Å². The smallest absolute Gasteiger partial charge is 0.431 e. The van der Waals surface area contributed by atoms with Crippen LogP contribution in [0.2, 0.25) is 0 Å². The summed E-state index contributed by atoms with van der Waals surface area (Å²) in [5, 5.41) is 7.81. The van der Waals surface area contributed by atoms with Crippen molar-refractivity contribution in [2.45, 2.75) is 37.7 Å². The topological polar surface area (TPSA) is 162 Å². The quantitative estimate of drug-likeness (QED) is 0.216. The number of nitrogens with zero attached hydrogens (tertiary/aromatic N) is 1. The van der Waals surface area contributed by atoms with Crippen LogP contribution in [0.15, 0.2) is 73.1 Å². The maximum Gasteiger partial charge on any atom is 0.514 e. The lowest BCUT2D eigenvalue weighted by Gasteiger charge is -2.41. The Hall–Kier alpha value is -2.88. The van der Waals surface area contributed by atoms with Gasteiger partial charge in [0.1, 0.15) is 0 Å². The molecule has 2 heterocycles. The second kappa shape index (κ2) is 10.5. The van der Waals surface area contributed by atoms with Crippen molar-refractivity contribution >= 4 is 21.3 Å². The van der Waals surface area contributed by atoms with Crippen LogP contribution in [-0.2, 0) is 29.3 Å². The summed E-state index contributed by atoms with van der Waals surface area (Å²) in [5.74, 6) is -0.179. The highest BCUT2D eigenvalue weighted by Gasteiger charge is 2.67. The molecule has 1 aromatic heterocycles. The molecule has 1 aliphatic heterocycles. The van der Waals surface area contributed by atoms with Gasteiger partial charge in [-0.25, -0.2) is 4.79 Å². The van der Waals surface area contributed by atoms with Crippen molar-refractivity contribution in [2.75, 3.05) is 0 Å². The SMILES string of the molecule is CC(C)OC(=O)Oc1c(-c2ccccc2)cccc1C1OP(=O)(O)C(O)(Cc2cccnc2)P(=O)(O)O1. The summed E-state index contributed by atoms with van der Waals surface area (Å²) >= 11 is 0. The summed E-state index contributed by atoms with van der Waals surface area (Å²) < 4.78 is 47.5. The summed E-state index contributed by atoms with van der Waals surface area (Å²) in [4.78, 5) is 37.7. The predicted octanol–water partition coefficient (Wildman–Crippen LogP) is 4.98. The highest BCUT2D eigenvalue weighted by Crippen LogP contribution is 2.79. The van der Waals surface area contributed by atoms with E-state index in [1.54, 1.807) is 50.2 Å². The van der Waals surface area contributed by atoms with E-state index in [2.05, 4.69) is 4.98 Å². The van der Waals surface area contributed by atoms with E-state index in [-0.39, 0.29) is 16.9 Å². The fraction of sp³-hybridized carbons (Fsp3) is 0.250. The lowest BCUT2D eigenvalue weighted by molar-refractivity contribution is -0.0588. The molecule has 1 fully saturated rings. The van der Waals surface area contributed by atoms with E-state index in [9.17, 15) is 28.8 Å². The van der Waals surface area contributed by atoms with Crippen LogP contribution in [0.5, 0.6) is 5.75 Å². The molecular formula is C24H25NO10P2. The zero-order chi connectivity index (χ0) is 26.8. The number of para-hydroxylation sites is 1. The lowest BCUT2D eigenvalue weighted by Crippen LogP contribution is -2.38. The molecule has 3 aromatic rings. The molecule has 1 saturated heterocycles. The number of rotatable bonds is 6. The van der Waals surface area contributed by atoms with E-state index in [4.69, 9.17) is 18.5 Å². The van der Waals surface area contributed by atoms with Crippen LogP contribution in [0.1, 0.15) is 31.3 Å². The van der Waals surface area contributed by atoms with Crippen LogP contribution >= 0.6 is 15.2 Å². The van der Waals surface area contributed by atoms with Gasteiger partial charge in [0.15, 0.2) is 5.75 Å². The van der Waals surface area contributed by atoms with Crippen LogP contribution < -0.4 is 4.74 Å². The third-order valence-electron chi connectivity index (χ3n) is 5.45. The number of hydrogen-bond acceptors (Lipinski definition) is 9. The van der Waals surface area contributed by atoms with Gasteiger partial charge in [-0.05, 0) is 31.0 Å². The highest BCUT2D eigenvalue weighted by atomic mass is 31.2. The van der Waals surface area contributed by atoms with Gasteiger partial charge in [0.2, 0.25) is 6.29 Å². The molecule has 0 spiro atoms. The van der Waals surface area contributed by atoms with Gasteiger partial charge in [-0.15, -0.1) is 0 Å². The number of carbonyl (C=O) groups excluding carboxylic acids is 1. The molecule has 11 nitrogen and oxygen atoms in total. The van der Waals surface area contributed by atoms with Crippen molar-refractivity contribution in [3.63, 3.8) is 0 Å². The number of hydrogen-bond donors (Lipinski definition) is 3. The standard InChI is InChI=1S/C24H25NO10P2/c1-16(2)32-23(26)33-21-19(18-9-4-3-5-10-18)11-6-12-20(21)22-34-36(28,29)24(27,37(30,31)35-22)14-17-8-7-13-25-15-17/h3-13,15-16,22,27H,14H2,1-2H3,(H,28,29)(H,30,31). The average Bonchev–Trinajstić information content (AvgIpc) is 2.83. The van der Waals surface area contributed by atoms with Crippen LogP contribution in [0, 0.1) is 0 Å². The molecule has 0 radical (unpaired) electrons. The summed E-state index contributed by atoms with van der Waals surface area (Å²) in [6.07, 6.45) is -1.60. The molecule has 0 saturated carbocycles. The second-order valence-electron chi connectivity index (χ2n) is 8.50. The number of carbonyl (C=O) groups is 1. The number of aromatic nitrogens is 1. The third kappa shape index (κ3) is 5.54. The molecule has 0 bridgehead atoms. The van der Waals surface area contributed by atoms with Crippen molar-refractivity contribution in [2.24, 2.45) is 0 Å². The van der Waals surface area contributed by atoms with E-state index in [1.807, 2.05) is 0 Å². The fourth-order valence-electron chi connectivity index (χ4n) is 3.70. The Kier molecular flexibility index (Phi) is 7.69. The normalized spacial score (nSPS) is 27.6. The maximum atomic E-state index is 13.2. The lowest BCUT2D eigenvalue weighted by atomic mass is 10.0. The molecule has 37 heavy (non-hydrogen) atoms. The largest absolute Gasteiger partial charge is 0.514 e. The second-order valence-corrected chi connectivity index (χ2v) is 12.8. The van der Waals surface area contributed by atoms with Crippen LogP contribution in [0.4, 0.5) is 4.79 Å². The Morgan fingerprint density at radius 1 is 1.03 bits per heavy atom. The molecule has 2 atom stereocenters. The first kappa shape index (κ1) is 27.2. The molecule has 2 aromatic carbocycles. The summed E-state index contributed by atoms with van der Waals surface area (Å²) in [6, 6.07) is 16.1. The Balaban J connectivity index is 1.77. The summed E-state index contributed by atoms with van der Waals surface area (Å²) in [6.45, 7) is 3.23. The zero-order valence-corrected chi connectivity index (χ0v) is 21.6. The first-order valence-corrected chi connectivity index (χ1v) is 14.3. The number of pyridine rings is 1. The van der Waals surface area contributed by atoms with Crippen LogP contribution in [0.25, 0.3) is 11.1 Å². The van der Waals surface area contributed by atoms with Crippen molar-refractivity contribution in [3.8, 4) is 16.9 Å². The van der Waals surface area contributed by atoms with E-state index < -0.39 is 45.2 Å². The summed E-state index contributed by atoms with van der Waals surface area (Å²) in [5.41, 5.74) is 1.00. The Morgan fingerprint density at radius 3 is 2.30 bits per heavy atom. The Labute approximate surface area is 212 Å². The minimum absolute atomic E-state index is 0.144. The molecular weight excluding hydrogens is 524 g/mol.